The van der Waals surface area contributed by atoms with Crippen LogP contribution in [0.5, 0.6) is 0 Å². The third-order valence-electron chi connectivity index (χ3n) is 2.52. The first-order chi connectivity index (χ1) is 7.67. The van der Waals surface area contributed by atoms with Crippen LogP contribution in [0.3, 0.4) is 0 Å². The van der Waals surface area contributed by atoms with E-state index >= 15 is 0 Å². The Kier molecular flexibility index (Phi) is 5.77. The van der Waals surface area contributed by atoms with Crippen molar-refractivity contribution < 1.29 is 0 Å². The van der Waals surface area contributed by atoms with Crippen molar-refractivity contribution in [2.75, 3.05) is 0 Å². The molecule has 1 aromatic heterocycles. The maximum atomic E-state index is 6.14. The molecule has 1 heterocycles. The van der Waals surface area contributed by atoms with E-state index in [4.69, 9.17) is 5.73 Å². The molecule has 0 saturated heterocycles. The van der Waals surface area contributed by atoms with Gasteiger partial charge in [-0.15, -0.1) is 0 Å². The van der Waals surface area contributed by atoms with Crippen molar-refractivity contribution in [3.05, 3.63) is 18.0 Å². The number of thioether (sulfide) groups is 1. The number of rotatable bonds is 6. The Morgan fingerprint density at radius 2 is 1.94 bits per heavy atom. The largest absolute Gasteiger partial charge is 0.327 e. The normalized spacial score (nSPS) is 14.8. The van der Waals surface area contributed by atoms with Gasteiger partial charge in [-0.3, -0.25) is 0 Å². The molecule has 2 atom stereocenters. The highest BCUT2D eigenvalue weighted by atomic mass is 32.2. The van der Waals surface area contributed by atoms with Crippen LogP contribution in [-0.4, -0.2) is 21.3 Å². The van der Waals surface area contributed by atoms with Gasteiger partial charge in [0.15, 0.2) is 5.16 Å². The van der Waals surface area contributed by atoms with Gasteiger partial charge in [0.05, 0.1) is 0 Å². The molecule has 0 spiro atoms. The van der Waals surface area contributed by atoms with E-state index < -0.39 is 0 Å². The van der Waals surface area contributed by atoms with Crippen molar-refractivity contribution in [3.8, 4) is 0 Å². The monoisotopic (exact) mass is 239 g/mol. The van der Waals surface area contributed by atoms with Crippen molar-refractivity contribution in [3.63, 3.8) is 0 Å². The molecule has 2 N–H and O–H groups in total. The molecule has 90 valence electrons. The molecule has 0 aliphatic rings. The summed E-state index contributed by atoms with van der Waals surface area (Å²) in [6.07, 6.45) is 6.97. The van der Waals surface area contributed by atoms with E-state index in [2.05, 4.69) is 23.8 Å². The molecule has 0 aliphatic heterocycles. The molecule has 0 fully saturated rings. The fraction of sp³-hybridized carbons (Fsp3) is 0.667. The Balaban J connectivity index is 2.59. The second-order valence-electron chi connectivity index (χ2n) is 4.06. The molecule has 0 aliphatic carbocycles. The van der Waals surface area contributed by atoms with Crippen LogP contribution in [0, 0.1) is 6.92 Å². The Morgan fingerprint density at radius 3 is 2.44 bits per heavy atom. The summed E-state index contributed by atoms with van der Waals surface area (Å²) in [7, 11) is 0. The predicted octanol–water partition coefficient (Wildman–Crippen LogP) is 2.78. The minimum Gasteiger partial charge on any atom is -0.327 e. The van der Waals surface area contributed by atoms with E-state index in [0.29, 0.717) is 5.25 Å². The van der Waals surface area contributed by atoms with Crippen molar-refractivity contribution in [1.82, 2.24) is 9.97 Å². The van der Waals surface area contributed by atoms with Gasteiger partial charge < -0.3 is 5.73 Å². The van der Waals surface area contributed by atoms with Gasteiger partial charge in [-0.1, -0.05) is 32.0 Å². The lowest BCUT2D eigenvalue weighted by Crippen LogP contribution is -2.31. The lowest BCUT2D eigenvalue weighted by molar-refractivity contribution is 0.565. The van der Waals surface area contributed by atoms with Crippen molar-refractivity contribution >= 4 is 11.8 Å². The number of aromatic nitrogens is 2. The van der Waals surface area contributed by atoms with Crippen LogP contribution in [0.2, 0.25) is 0 Å². The highest BCUT2D eigenvalue weighted by molar-refractivity contribution is 7.99. The maximum Gasteiger partial charge on any atom is 0.187 e. The molecule has 0 bridgehead atoms. The highest BCUT2D eigenvalue weighted by Crippen LogP contribution is 2.25. The zero-order valence-electron chi connectivity index (χ0n) is 10.3. The average molecular weight is 239 g/mol. The lowest BCUT2D eigenvalue weighted by Gasteiger charge is -2.20. The van der Waals surface area contributed by atoms with Gasteiger partial charge in [0.25, 0.3) is 0 Å². The minimum absolute atomic E-state index is 0.241. The van der Waals surface area contributed by atoms with Gasteiger partial charge in [0.2, 0.25) is 0 Å². The Morgan fingerprint density at radius 1 is 1.31 bits per heavy atom. The molecular weight excluding hydrogens is 218 g/mol. The molecule has 0 saturated carbocycles. The summed E-state index contributed by atoms with van der Waals surface area (Å²) < 4.78 is 0. The minimum atomic E-state index is 0.241. The van der Waals surface area contributed by atoms with Gasteiger partial charge in [0, 0.05) is 23.7 Å². The number of hydrogen-bond acceptors (Lipinski definition) is 4. The zero-order valence-corrected chi connectivity index (χ0v) is 11.1. The molecular formula is C12H21N3S. The van der Waals surface area contributed by atoms with Gasteiger partial charge in [-0.2, -0.15) is 0 Å². The van der Waals surface area contributed by atoms with Crippen LogP contribution in [0.4, 0.5) is 0 Å². The third-order valence-corrected chi connectivity index (χ3v) is 3.92. The third kappa shape index (κ3) is 4.10. The standard InChI is InChI=1S/C12H21N3S/c1-4-6-10(13)11(5-2)16-12-14-7-9(3)8-15-12/h7-8,10-11H,4-6,13H2,1-3H3. The Hall–Kier alpha value is -0.610. The quantitative estimate of drug-likeness (QED) is 0.612. The van der Waals surface area contributed by atoms with Gasteiger partial charge in [-0.05, 0) is 25.3 Å². The Labute approximate surface area is 102 Å². The lowest BCUT2D eigenvalue weighted by atomic mass is 10.1. The first-order valence-corrected chi connectivity index (χ1v) is 6.76. The predicted molar refractivity (Wildman–Crippen MR) is 69.6 cm³/mol. The van der Waals surface area contributed by atoms with E-state index in [1.807, 2.05) is 19.3 Å². The van der Waals surface area contributed by atoms with Crippen LogP contribution in [0.25, 0.3) is 0 Å². The molecule has 0 amide bonds. The summed E-state index contributed by atoms with van der Waals surface area (Å²) in [5.41, 5.74) is 7.23. The van der Waals surface area contributed by atoms with Crippen molar-refractivity contribution in [2.24, 2.45) is 5.73 Å². The van der Waals surface area contributed by atoms with Gasteiger partial charge in [-0.25, -0.2) is 9.97 Å². The molecule has 2 unspecified atom stereocenters. The van der Waals surface area contributed by atoms with Crippen LogP contribution in [0.1, 0.15) is 38.7 Å². The summed E-state index contributed by atoms with van der Waals surface area (Å²) in [4.78, 5) is 8.61. The van der Waals surface area contributed by atoms with E-state index in [0.717, 1.165) is 30.0 Å². The van der Waals surface area contributed by atoms with Crippen LogP contribution >= 0.6 is 11.8 Å². The first kappa shape index (κ1) is 13.5. The smallest absolute Gasteiger partial charge is 0.187 e. The van der Waals surface area contributed by atoms with E-state index in [-0.39, 0.29) is 6.04 Å². The molecule has 0 aromatic carbocycles. The topological polar surface area (TPSA) is 51.8 Å². The molecule has 16 heavy (non-hydrogen) atoms. The second kappa shape index (κ2) is 6.86. The summed E-state index contributed by atoms with van der Waals surface area (Å²) in [5.74, 6) is 0. The average Bonchev–Trinajstić information content (AvgIpc) is 2.28. The number of nitrogens with zero attached hydrogens (tertiary/aromatic N) is 2. The summed E-state index contributed by atoms with van der Waals surface area (Å²) in [6.45, 7) is 6.33. The van der Waals surface area contributed by atoms with E-state index in [9.17, 15) is 0 Å². The van der Waals surface area contributed by atoms with Gasteiger partial charge >= 0.3 is 0 Å². The molecule has 1 aromatic rings. The second-order valence-corrected chi connectivity index (χ2v) is 5.27. The number of nitrogens with two attached hydrogens (primary N) is 1. The van der Waals surface area contributed by atoms with E-state index in [1.165, 1.54) is 0 Å². The summed E-state index contributed by atoms with van der Waals surface area (Å²) in [6, 6.07) is 0.241. The van der Waals surface area contributed by atoms with E-state index in [1.54, 1.807) is 11.8 Å². The maximum absolute atomic E-state index is 6.14. The number of aryl methyl sites for hydroxylation is 1. The zero-order chi connectivity index (χ0) is 12.0. The summed E-state index contributed by atoms with van der Waals surface area (Å²) >= 11 is 1.70. The number of hydrogen-bond donors (Lipinski definition) is 1. The first-order valence-electron chi connectivity index (χ1n) is 5.88. The van der Waals surface area contributed by atoms with Crippen molar-refractivity contribution in [1.29, 1.82) is 0 Å². The molecule has 3 nitrogen and oxygen atoms in total. The van der Waals surface area contributed by atoms with Crippen LogP contribution in [-0.2, 0) is 0 Å². The fourth-order valence-corrected chi connectivity index (χ4v) is 2.55. The highest BCUT2D eigenvalue weighted by Gasteiger charge is 2.17. The molecule has 1 rings (SSSR count). The molecule has 4 heteroatoms. The van der Waals surface area contributed by atoms with Gasteiger partial charge in [0.1, 0.15) is 0 Å². The SMILES string of the molecule is CCCC(N)C(CC)Sc1ncc(C)cn1. The van der Waals surface area contributed by atoms with Crippen LogP contribution < -0.4 is 5.73 Å². The summed E-state index contributed by atoms with van der Waals surface area (Å²) in [5, 5.41) is 1.26. The van der Waals surface area contributed by atoms with Crippen LogP contribution in [0.15, 0.2) is 17.6 Å². The van der Waals surface area contributed by atoms with Crippen molar-refractivity contribution in [2.45, 2.75) is 56.5 Å². The molecule has 0 radical (unpaired) electrons. The fourth-order valence-electron chi connectivity index (χ4n) is 1.57. The Bertz CT molecular complexity index is 300.